The number of anilines is 2. The summed E-state index contributed by atoms with van der Waals surface area (Å²) in [6, 6.07) is 0.309. The van der Waals surface area contributed by atoms with Crippen LogP contribution in [0.15, 0.2) is 6.20 Å². The molecule has 0 aliphatic carbocycles. The average molecular weight is 455 g/mol. The van der Waals surface area contributed by atoms with Gasteiger partial charge in [0.1, 0.15) is 11.4 Å². The van der Waals surface area contributed by atoms with E-state index in [1.165, 1.54) is 7.17 Å². The van der Waals surface area contributed by atoms with E-state index in [1.54, 1.807) is 15.6 Å². The first-order valence-corrected chi connectivity index (χ1v) is 11.6. The van der Waals surface area contributed by atoms with Gasteiger partial charge in [-0.2, -0.15) is 9.50 Å². The van der Waals surface area contributed by atoms with Gasteiger partial charge in [-0.15, -0.1) is 5.10 Å². The predicted octanol–water partition coefficient (Wildman–Crippen LogP) is 2.66. The molecule has 1 fully saturated rings. The van der Waals surface area contributed by atoms with Crippen LogP contribution in [0.4, 0.5) is 16.4 Å². The molecule has 1 atom stereocenters. The molecule has 1 amide bonds. The number of ether oxygens (including phenoxy) is 2. The van der Waals surface area contributed by atoms with Crippen LogP contribution in [0.3, 0.4) is 0 Å². The van der Waals surface area contributed by atoms with Crippen molar-refractivity contribution in [3.8, 4) is 6.01 Å². The van der Waals surface area contributed by atoms with Gasteiger partial charge in [-0.3, -0.25) is 0 Å². The van der Waals surface area contributed by atoms with Crippen molar-refractivity contribution in [3.63, 3.8) is 0 Å². The maximum Gasteiger partial charge on any atom is 0.410 e. The second kappa shape index (κ2) is 11.0. The summed E-state index contributed by atoms with van der Waals surface area (Å²) in [5.41, 5.74) is -0.0805. The average Bonchev–Trinajstić information content (AvgIpc) is 3.15. The number of imidazole rings is 1. The molecule has 2 aromatic rings. The SMILES string of the molecule is [2H]N(C[B][B])c1nc(O[C@@H](C)CCC)nn2c(NC3CCN(C(=O)OC(C)(C)C)CC3)cnc12. The maximum absolute atomic E-state index is 12.3. The van der Waals surface area contributed by atoms with E-state index in [4.69, 9.17) is 18.6 Å². The van der Waals surface area contributed by atoms with E-state index in [9.17, 15) is 4.79 Å². The fraction of sp³-hybridized carbons (Fsp3) is 0.714. The fourth-order valence-corrected chi connectivity index (χ4v) is 3.63. The maximum atomic E-state index is 12.3. The number of fused-ring (bicyclic) bond motifs is 1. The molecule has 0 spiro atoms. The van der Waals surface area contributed by atoms with E-state index in [-0.39, 0.29) is 30.7 Å². The Morgan fingerprint density at radius 3 is 2.79 bits per heavy atom. The molecule has 1 aliphatic heterocycles. The molecule has 0 aromatic carbocycles. The van der Waals surface area contributed by atoms with E-state index in [1.807, 2.05) is 27.7 Å². The van der Waals surface area contributed by atoms with Crippen molar-refractivity contribution in [1.82, 2.24) is 24.5 Å². The van der Waals surface area contributed by atoms with Crippen molar-refractivity contribution >= 4 is 38.3 Å². The zero-order valence-corrected chi connectivity index (χ0v) is 20.2. The Balaban J connectivity index is 1.76. The van der Waals surface area contributed by atoms with E-state index < -0.39 is 5.60 Å². The van der Waals surface area contributed by atoms with Crippen LogP contribution in [0.25, 0.3) is 5.65 Å². The summed E-state index contributed by atoms with van der Waals surface area (Å²) in [6.45, 7) is 10.8. The van der Waals surface area contributed by atoms with Crippen molar-refractivity contribution in [2.45, 2.75) is 78.0 Å². The lowest BCUT2D eigenvalue weighted by atomic mass is 9.56. The molecular formula is C21H34B2N7O3. The minimum atomic E-state index is -0.512. The molecule has 3 heterocycles. The molecule has 12 heteroatoms. The molecule has 33 heavy (non-hydrogen) atoms. The smallest absolute Gasteiger partial charge is 0.410 e. The Bertz CT molecular complexity index is 964. The molecular weight excluding hydrogens is 420 g/mol. The first-order chi connectivity index (χ1) is 16.1. The van der Waals surface area contributed by atoms with Gasteiger partial charge in [0.2, 0.25) is 0 Å². The topological polar surface area (TPSA) is 106 Å². The highest BCUT2D eigenvalue weighted by Crippen LogP contribution is 2.23. The summed E-state index contributed by atoms with van der Waals surface area (Å²) in [5.74, 6) is 0.982. The highest BCUT2D eigenvalue weighted by Gasteiger charge is 2.27. The van der Waals surface area contributed by atoms with Crippen molar-refractivity contribution in [2.75, 3.05) is 30.2 Å². The van der Waals surface area contributed by atoms with Crippen LogP contribution >= 0.6 is 0 Å². The number of nitrogens with zero attached hydrogens (tertiary/aromatic N) is 5. The van der Waals surface area contributed by atoms with E-state index >= 15 is 0 Å². The molecule has 1 saturated heterocycles. The highest BCUT2D eigenvalue weighted by atomic mass is 16.6. The Kier molecular flexibility index (Phi) is 7.82. The normalized spacial score (nSPS) is 16.3. The van der Waals surface area contributed by atoms with Crippen molar-refractivity contribution in [2.24, 2.45) is 0 Å². The van der Waals surface area contributed by atoms with Gasteiger partial charge in [0.25, 0.3) is 0 Å². The predicted molar refractivity (Wildman–Crippen MR) is 130 cm³/mol. The Labute approximate surface area is 199 Å². The van der Waals surface area contributed by atoms with Gasteiger partial charge in [-0.25, -0.2) is 9.78 Å². The van der Waals surface area contributed by atoms with E-state index in [0.29, 0.717) is 30.4 Å². The number of hydrogen-bond donors (Lipinski definition) is 2. The third-order valence-corrected chi connectivity index (χ3v) is 5.17. The minimum absolute atomic E-state index is 0.0623. The molecule has 3 rings (SSSR count). The van der Waals surface area contributed by atoms with Gasteiger partial charge < -0.3 is 25.0 Å². The second-order valence-electron chi connectivity index (χ2n) is 9.28. The summed E-state index contributed by atoms with van der Waals surface area (Å²) in [5, 5.41) is 9.17. The lowest BCUT2D eigenvalue weighted by Crippen LogP contribution is -2.44. The summed E-state index contributed by atoms with van der Waals surface area (Å²) < 4.78 is 21.3. The van der Waals surface area contributed by atoms with Crippen molar-refractivity contribution in [3.05, 3.63) is 6.20 Å². The molecule has 1 aliphatic rings. The zero-order valence-electron chi connectivity index (χ0n) is 21.2. The molecule has 0 unspecified atom stereocenters. The second-order valence-corrected chi connectivity index (χ2v) is 9.28. The van der Waals surface area contributed by atoms with Crippen molar-refractivity contribution < 1.29 is 15.7 Å². The van der Waals surface area contributed by atoms with E-state index in [0.717, 1.165) is 31.0 Å². The van der Waals surface area contributed by atoms with Crippen molar-refractivity contribution in [1.29, 1.82) is 0 Å². The third kappa shape index (κ3) is 6.91. The Morgan fingerprint density at radius 2 is 2.15 bits per heavy atom. The van der Waals surface area contributed by atoms with Gasteiger partial charge in [0.15, 0.2) is 12.9 Å². The quantitative estimate of drug-likeness (QED) is 0.557. The summed E-state index contributed by atoms with van der Waals surface area (Å²) >= 11 is 0. The summed E-state index contributed by atoms with van der Waals surface area (Å²) in [7, 11) is 6.91. The highest BCUT2D eigenvalue weighted by molar-refractivity contribution is 6.89. The number of nitrogens with one attached hydrogen (secondary N) is 2. The van der Waals surface area contributed by atoms with Crippen LogP contribution in [0.2, 0.25) is 1.41 Å². The van der Waals surface area contributed by atoms with Gasteiger partial charge in [0, 0.05) is 26.9 Å². The van der Waals surface area contributed by atoms with Gasteiger partial charge in [-0.1, -0.05) is 13.3 Å². The molecule has 2 N–H and O–H groups in total. The number of piperidine rings is 1. The number of hydrogen-bond acceptors (Lipinski definition) is 8. The number of rotatable bonds is 9. The standard InChI is InChI=1S/C21H34B2N7O3/c1-6-7-14(2)32-19-27-17(25-13-23-22)18-24-12-16(30(18)28-19)26-15-8-10-29(11-9-15)20(31)33-21(3,4)5/h12,14-15,26H,6-11,13H2,1-5H3,(H,25,27,28)/t14-/m0/s1/i/hD. The zero-order chi connectivity index (χ0) is 24.9. The molecule has 0 saturated carbocycles. The number of carbonyl (C=O) groups is 1. The number of carbonyl (C=O) groups excluding carboxylic acids is 1. The van der Waals surface area contributed by atoms with Gasteiger partial charge in [-0.05, 0) is 53.4 Å². The monoisotopic (exact) mass is 455 g/mol. The first kappa shape index (κ1) is 23.5. The molecule has 3 radical (unpaired) electrons. The Hall–Kier alpha value is -2.65. The van der Waals surface area contributed by atoms with Gasteiger partial charge in [0.05, 0.1) is 19.5 Å². The minimum Gasteiger partial charge on any atom is -0.459 e. The number of amides is 1. The number of likely N-dealkylation sites (tertiary alicyclic amines) is 1. The molecule has 177 valence electrons. The lowest BCUT2D eigenvalue weighted by Gasteiger charge is -2.33. The van der Waals surface area contributed by atoms with Crippen LogP contribution < -0.4 is 15.4 Å². The summed E-state index contributed by atoms with van der Waals surface area (Å²) in [6.07, 6.45) is 4.86. The van der Waals surface area contributed by atoms with Crippen LogP contribution in [0, 0.1) is 0 Å². The molecule has 2 aromatic heterocycles. The summed E-state index contributed by atoms with van der Waals surface area (Å²) in [4.78, 5) is 22.9. The van der Waals surface area contributed by atoms with E-state index in [2.05, 4.69) is 27.3 Å². The van der Waals surface area contributed by atoms with Crippen LogP contribution in [-0.4, -0.2) is 82.8 Å². The fourth-order valence-electron chi connectivity index (χ4n) is 3.63. The van der Waals surface area contributed by atoms with Crippen LogP contribution in [0.1, 0.15) is 60.3 Å². The largest absolute Gasteiger partial charge is 0.459 e. The van der Waals surface area contributed by atoms with Crippen LogP contribution in [-0.2, 0) is 4.74 Å². The lowest BCUT2D eigenvalue weighted by molar-refractivity contribution is 0.0210. The third-order valence-electron chi connectivity index (χ3n) is 5.17. The molecule has 10 nitrogen and oxygen atoms in total. The first-order valence-electron chi connectivity index (χ1n) is 12.0. The molecule has 0 bridgehead atoms. The van der Waals surface area contributed by atoms with Crippen LogP contribution in [0.5, 0.6) is 6.01 Å². The Morgan fingerprint density at radius 1 is 1.42 bits per heavy atom. The number of aromatic nitrogens is 4. The van der Waals surface area contributed by atoms with Gasteiger partial charge >= 0.3 is 12.1 Å².